The highest BCUT2D eigenvalue weighted by atomic mass is 16.1. The molecule has 0 aliphatic heterocycles. The first-order chi connectivity index (χ1) is 9.31. The minimum absolute atomic E-state index is 0.0417. The Labute approximate surface area is 109 Å². The van der Waals surface area contributed by atoms with E-state index in [1.54, 1.807) is 0 Å². The van der Waals surface area contributed by atoms with Gasteiger partial charge in [-0.1, -0.05) is 30.3 Å². The Bertz CT molecular complexity index is 865. The van der Waals surface area contributed by atoms with E-state index in [0.717, 1.165) is 21.8 Å². The first-order valence-corrected chi connectivity index (χ1v) is 6.21. The van der Waals surface area contributed by atoms with E-state index in [0.29, 0.717) is 17.8 Å². The molecule has 0 saturated heterocycles. The summed E-state index contributed by atoms with van der Waals surface area (Å²) in [5, 5.41) is 2.25. The van der Waals surface area contributed by atoms with Gasteiger partial charge in [-0.25, -0.2) is 9.97 Å². The van der Waals surface area contributed by atoms with Crippen LogP contribution in [0.3, 0.4) is 0 Å². The molecule has 1 aliphatic carbocycles. The highest BCUT2D eigenvalue weighted by Gasteiger charge is 2.17. The van der Waals surface area contributed by atoms with Crippen LogP contribution in [-0.4, -0.2) is 15.8 Å². The first kappa shape index (κ1) is 10.4. The van der Waals surface area contributed by atoms with Crippen LogP contribution in [0, 0.1) is 0 Å². The van der Waals surface area contributed by atoms with Gasteiger partial charge in [0, 0.05) is 6.42 Å². The third-order valence-corrected chi connectivity index (χ3v) is 3.40. The third-order valence-electron chi connectivity index (χ3n) is 3.40. The molecular formula is C16H10N2O. The summed E-state index contributed by atoms with van der Waals surface area (Å²) in [6, 6.07) is 12.1. The first-order valence-electron chi connectivity index (χ1n) is 6.21. The lowest BCUT2D eigenvalue weighted by molar-refractivity contribution is 0.0989. The molecule has 1 heterocycles. The highest BCUT2D eigenvalue weighted by Crippen LogP contribution is 2.23. The number of Topliss-reactive ketones (excluding diaryl/α,β-unsaturated/α-hetero) is 1. The molecule has 1 aromatic heterocycles. The molecule has 3 aromatic rings. The minimum Gasteiger partial charge on any atom is -0.292 e. The number of allylic oxidation sites excluding steroid dienone is 1. The van der Waals surface area contributed by atoms with E-state index in [1.165, 1.54) is 0 Å². The van der Waals surface area contributed by atoms with Crippen LogP contribution in [0.15, 0.2) is 42.5 Å². The molecule has 4 rings (SSSR count). The Hall–Kier alpha value is -2.55. The van der Waals surface area contributed by atoms with Crippen LogP contribution in [0.2, 0.25) is 0 Å². The fourth-order valence-corrected chi connectivity index (χ4v) is 2.45. The largest absolute Gasteiger partial charge is 0.292 e. The number of fused-ring (bicyclic) bond motifs is 3. The molecule has 0 unspecified atom stereocenters. The number of aromatic nitrogens is 2. The number of hydrogen-bond acceptors (Lipinski definition) is 3. The van der Waals surface area contributed by atoms with Crippen LogP contribution in [0.5, 0.6) is 0 Å². The van der Waals surface area contributed by atoms with E-state index in [2.05, 4.69) is 16.0 Å². The van der Waals surface area contributed by atoms with Crippen molar-refractivity contribution in [1.82, 2.24) is 9.97 Å². The van der Waals surface area contributed by atoms with Gasteiger partial charge in [0.2, 0.25) is 0 Å². The zero-order valence-electron chi connectivity index (χ0n) is 10.1. The molecule has 0 atom stereocenters. The summed E-state index contributed by atoms with van der Waals surface area (Å²) in [4.78, 5) is 20.9. The molecule has 0 radical (unpaired) electrons. The number of ketones is 1. The highest BCUT2D eigenvalue weighted by molar-refractivity contribution is 6.03. The van der Waals surface area contributed by atoms with E-state index in [-0.39, 0.29) is 5.78 Å². The lowest BCUT2D eigenvalue weighted by atomic mass is 10.0. The molecule has 0 fully saturated rings. The summed E-state index contributed by atoms with van der Waals surface area (Å²) in [7, 11) is 0. The maximum atomic E-state index is 11.8. The molecule has 3 nitrogen and oxygen atoms in total. The SMILES string of the molecule is O=C1CC=Cc2nc3cc4ccccc4cc3nc21. The summed E-state index contributed by atoms with van der Waals surface area (Å²) in [5.41, 5.74) is 2.78. The van der Waals surface area contributed by atoms with Crippen molar-refractivity contribution in [2.45, 2.75) is 6.42 Å². The Balaban J connectivity index is 2.11. The zero-order chi connectivity index (χ0) is 12.8. The van der Waals surface area contributed by atoms with Crippen LogP contribution in [-0.2, 0) is 0 Å². The van der Waals surface area contributed by atoms with Gasteiger partial charge in [0.25, 0.3) is 0 Å². The van der Waals surface area contributed by atoms with Gasteiger partial charge in [-0.3, -0.25) is 4.79 Å². The number of rotatable bonds is 0. The van der Waals surface area contributed by atoms with Gasteiger partial charge in [0.1, 0.15) is 5.69 Å². The van der Waals surface area contributed by atoms with Gasteiger partial charge in [-0.05, 0) is 29.0 Å². The number of benzene rings is 2. The molecular weight excluding hydrogens is 236 g/mol. The normalized spacial score (nSPS) is 14.0. The van der Waals surface area contributed by atoms with Gasteiger partial charge >= 0.3 is 0 Å². The molecule has 0 amide bonds. The van der Waals surface area contributed by atoms with Gasteiger partial charge < -0.3 is 0 Å². The van der Waals surface area contributed by atoms with Crippen molar-refractivity contribution >= 4 is 33.7 Å². The topological polar surface area (TPSA) is 42.9 Å². The molecule has 0 bridgehead atoms. The third kappa shape index (κ3) is 1.55. The average Bonchev–Trinajstić information content (AvgIpc) is 2.44. The number of hydrogen-bond donors (Lipinski definition) is 0. The fourth-order valence-electron chi connectivity index (χ4n) is 2.45. The van der Waals surface area contributed by atoms with Crippen molar-refractivity contribution < 1.29 is 4.79 Å². The molecule has 0 spiro atoms. The van der Waals surface area contributed by atoms with E-state index in [9.17, 15) is 4.79 Å². The number of carbonyl (C=O) groups is 1. The molecule has 19 heavy (non-hydrogen) atoms. The fraction of sp³-hybridized carbons (Fsp3) is 0.0625. The van der Waals surface area contributed by atoms with Crippen LogP contribution >= 0.6 is 0 Å². The molecule has 3 heteroatoms. The Morgan fingerprint density at radius 3 is 2.37 bits per heavy atom. The lowest BCUT2D eigenvalue weighted by Crippen LogP contribution is -2.09. The number of nitrogens with zero attached hydrogens (tertiary/aromatic N) is 2. The summed E-state index contributed by atoms with van der Waals surface area (Å²) in [5.74, 6) is 0.0417. The maximum Gasteiger partial charge on any atom is 0.187 e. The summed E-state index contributed by atoms with van der Waals surface area (Å²) in [6.07, 6.45) is 4.13. The van der Waals surface area contributed by atoms with Crippen molar-refractivity contribution in [3.8, 4) is 0 Å². The van der Waals surface area contributed by atoms with Crippen molar-refractivity contribution in [1.29, 1.82) is 0 Å². The molecule has 2 aromatic carbocycles. The van der Waals surface area contributed by atoms with Gasteiger partial charge in [-0.2, -0.15) is 0 Å². The van der Waals surface area contributed by atoms with Crippen molar-refractivity contribution in [2.24, 2.45) is 0 Å². The number of carbonyl (C=O) groups excluding carboxylic acids is 1. The molecule has 0 N–H and O–H groups in total. The van der Waals surface area contributed by atoms with Gasteiger partial charge in [0.15, 0.2) is 5.78 Å². The van der Waals surface area contributed by atoms with E-state index in [1.807, 2.05) is 42.5 Å². The van der Waals surface area contributed by atoms with Gasteiger partial charge in [-0.15, -0.1) is 0 Å². The second-order valence-electron chi connectivity index (χ2n) is 4.68. The maximum absolute atomic E-state index is 11.8. The van der Waals surface area contributed by atoms with Crippen LogP contribution in [0.4, 0.5) is 0 Å². The van der Waals surface area contributed by atoms with Crippen LogP contribution in [0.1, 0.15) is 22.6 Å². The van der Waals surface area contributed by atoms with Crippen molar-refractivity contribution in [3.05, 3.63) is 53.9 Å². The Morgan fingerprint density at radius 1 is 0.947 bits per heavy atom. The van der Waals surface area contributed by atoms with E-state index < -0.39 is 0 Å². The quantitative estimate of drug-likeness (QED) is 0.571. The monoisotopic (exact) mass is 246 g/mol. The minimum atomic E-state index is 0.0417. The second-order valence-corrected chi connectivity index (χ2v) is 4.68. The summed E-state index contributed by atoms with van der Waals surface area (Å²) in [6.45, 7) is 0. The predicted octanol–water partition coefficient (Wildman–Crippen LogP) is 3.38. The summed E-state index contributed by atoms with van der Waals surface area (Å²) < 4.78 is 0. The second kappa shape index (κ2) is 3.72. The lowest BCUT2D eigenvalue weighted by Gasteiger charge is -2.09. The van der Waals surface area contributed by atoms with Crippen LogP contribution < -0.4 is 0 Å². The van der Waals surface area contributed by atoms with Crippen molar-refractivity contribution in [2.75, 3.05) is 0 Å². The standard InChI is InChI=1S/C16H10N2O/c19-15-7-3-6-12-16(15)18-14-9-11-5-2-1-4-10(11)8-13(14)17-12/h1-6,8-9H,7H2. The van der Waals surface area contributed by atoms with Crippen LogP contribution in [0.25, 0.3) is 27.9 Å². The Kier molecular flexibility index (Phi) is 2.03. The smallest absolute Gasteiger partial charge is 0.187 e. The molecule has 90 valence electrons. The predicted molar refractivity (Wildman–Crippen MR) is 75.0 cm³/mol. The molecule has 1 aliphatic rings. The molecule has 0 saturated carbocycles. The van der Waals surface area contributed by atoms with E-state index >= 15 is 0 Å². The van der Waals surface area contributed by atoms with E-state index in [4.69, 9.17) is 0 Å². The summed E-state index contributed by atoms with van der Waals surface area (Å²) >= 11 is 0. The Morgan fingerprint density at radius 2 is 1.63 bits per heavy atom. The zero-order valence-corrected chi connectivity index (χ0v) is 10.1. The average molecular weight is 246 g/mol. The van der Waals surface area contributed by atoms with Crippen molar-refractivity contribution in [3.63, 3.8) is 0 Å². The van der Waals surface area contributed by atoms with Gasteiger partial charge in [0.05, 0.1) is 16.7 Å².